The van der Waals surface area contributed by atoms with Crippen LogP contribution < -0.4 is 0 Å². The van der Waals surface area contributed by atoms with Crippen molar-refractivity contribution in [1.29, 1.82) is 0 Å². The van der Waals surface area contributed by atoms with Gasteiger partial charge >= 0.3 is 5.97 Å². The number of carbonyl (C=O) groups excluding carboxylic acids is 5. The predicted molar refractivity (Wildman–Crippen MR) is 247 cm³/mol. The third kappa shape index (κ3) is 13.9. The van der Waals surface area contributed by atoms with Gasteiger partial charge in [-0.25, -0.2) is 4.79 Å². The van der Waals surface area contributed by atoms with Crippen molar-refractivity contribution in [3.05, 3.63) is 47.6 Å². The van der Waals surface area contributed by atoms with Crippen LogP contribution in [0.2, 0.25) is 0 Å². The lowest BCUT2D eigenvalue weighted by atomic mass is 9.78. The highest BCUT2D eigenvalue weighted by molar-refractivity contribution is 6.39. The number of hydrogen-bond acceptors (Lipinski definition) is 14. The second kappa shape index (κ2) is 25.3. The van der Waals surface area contributed by atoms with Gasteiger partial charge in [0.1, 0.15) is 30.1 Å². The van der Waals surface area contributed by atoms with Crippen molar-refractivity contribution in [3.63, 3.8) is 0 Å². The fraction of sp³-hybridized carbons (Fsp3) is 0.745. The van der Waals surface area contributed by atoms with Crippen molar-refractivity contribution in [1.82, 2.24) is 4.90 Å². The van der Waals surface area contributed by atoms with Crippen LogP contribution in [0, 0.1) is 35.5 Å². The van der Waals surface area contributed by atoms with Crippen LogP contribution in [0.4, 0.5) is 0 Å². The Kier molecular flexibility index (Phi) is 21.1. The molecule has 4 aliphatic rings. The minimum Gasteiger partial charge on any atom is -0.460 e. The van der Waals surface area contributed by atoms with Crippen molar-refractivity contribution in [3.8, 4) is 0 Å². The number of Topliss-reactive ketones (excluding diaryl/α,β-unsaturated/α-hetero) is 3. The number of ether oxygens (including phenoxy) is 5. The van der Waals surface area contributed by atoms with Crippen molar-refractivity contribution in [2.45, 2.75) is 180 Å². The summed E-state index contributed by atoms with van der Waals surface area (Å²) < 4.78 is 29.2. The third-order valence-electron chi connectivity index (χ3n) is 14.7. The van der Waals surface area contributed by atoms with E-state index in [-0.39, 0.29) is 49.5 Å². The predicted octanol–water partition coefficient (Wildman–Crippen LogP) is 5.15. The highest BCUT2D eigenvalue weighted by Crippen LogP contribution is 2.38. The second-order valence-electron chi connectivity index (χ2n) is 19.6. The minimum absolute atomic E-state index is 0.0731. The highest BCUT2D eigenvalue weighted by atomic mass is 16.6. The maximum absolute atomic E-state index is 14.4. The van der Waals surface area contributed by atoms with E-state index >= 15 is 0 Å². The van der Waals surface area contributed by atoms with Crippen molar-refractivity contribution in [2.24, 2.45) is 35.5 Å². The standard InChI is InChI=1S/C51H79NO14/c1-29-16-12-11-13-17-30(2)44(55)35(7)46(57)47(64-10)45(56)33(5)24-31(3)40(54)28-42(32(4)25-36-20-22-39(53)43(26-36)63-9)65-50(60)38-18-14-15-23-52(38)49(59)48(58)51(61)34(6)19-21-37(66-51)27-41(29)62-8/h11-13,16-17,24,30-32,34-39,41-45,47,53,55-56,61H,14-15,18-23,25-28H2,1-10H3/b12-11+,17-13-,29-16+,33-24+/t30-,31-,32-,34-,35-,36+,37+,38+,39-,41+,42+,43-,44?,45-,47-,51-/m1/s1. The van der Waals surface area contributed by atoms with Gasteiger partial charge in [0.25, 0.3) is 11.7 Å². The van der Waals surface area contributed by atoms with E-state index in [0.717, 1.165) is 5.57 Å². The molecule has 3 heterocycles. The van der Waals surface area contributed by atoms with Crippen LogP contribution in [0.25, 0.3) is 0 Å². The van der Waals surface area contributed by atoms with E-state index in [1.54, 1.807) is 79.2 Å². The Morgan fingerprint density at radius 3 is 2.23 bits per heavy atom. The molecule has 1 amide bonds. The molecule has 1 saturated carbocycles. The number of piperidine rings is 1. The molecule has 3 fully saturated rings. The van der Waals surface area contributed by atoms with Gasteiger partial charge in [-0.2, -0.15) is 0 Å². The Balaban J connectivity index is 1.72. The Labute approximate surface area is 392 Å². The molecular formula is C51H79NO14. The summed E-state index contributed by atoms with van der Waals surface area (Å²) in [6.45, 7) is 12.1. The summed E-state index contributed by atoms with van der Waals surface area (Å²) in [4.78, 5) is 71.8. The molecule has 0 aromatic rings. The highest BCUT2D eigenvalue weighted by Gasteiger charge is 2.53. The molecule has 0 aromatic carbocycles. The number of allylic oxidation sites excluding steroid dienone is 5. The number of cyclic esters (lactones) is 1. The number of aliphatic hydroxyl groups excluding tert-OH is 3. The lowest BCUT2D eigenvalue weighted by molar-refractivity contribution is -0.265. The van der Waals surface area contributed by atoms with Gasteiger partial charge in [-0.1, -0.05) is 71.1 Å². The number of esters is 1. The molecule has 0 radical (unpaired) electrons. The largest absolute Gasteiger partial charge is 0.460 e. The van der Waals surface area contributed by atoms with Gasteiger partial charge in [-0.15, -0.1) is 0 Å². The molecule has 2 saturated heterocycles. The zero-order chi connectivity index (χ0) is 49.0. The summed E-state index contributed by atoms with van der Waals surface area (Å²) in [6, 6.07) is -1.16. The number of hydrogen-bond donors (Lipinski definition) is 4. The Morgan fingerprint density at radius 1 is 0.848 bits per heavy atom. The lowest BCUT2D eigenvalue weighted by Gasteiger charge is -2.42. The molecule has 4 N–H and O–H groups in total. The van der Waals surface area contributed by atoms with Gasteiger partial charge in [-0.05, 0) is 94.6 Å². The van der Waals surface area contributed by atoms with Gasteiger partial charge in [0.15, 0.2) is 5.78 Å². The van der Waals surface area contributed by atoms with Crippen molar-refractivity contribution < 1.29 is 68.1 Å². The van der Waals surface area contributed by atoms with Gasteiger partial charge in [0.05, 0.1) is 30.5 Å². The molecule has 66 heavy (non-hydrogen) atoms. The third-order valence-corrected chi connectivity index (χ3v) is 14.7. The number of nitrogens with zero attached hydrogens (tertiary/aromatic N) is 1. The smallest absolute Gasteiger partial charge is 0.329 e. The zero-order valence-corrected chi connectivity index (χ0v) is 40.9. The molecule has 0 spiro atoms. The second-order valence-corrected chi connectivity index (χ2v) is 19.6. The first-order valence-electron chi connectivity index (χ1n) is 24.0. The summed E-state index contributed by atoms with van der Waals surface area (Å²) >= 11 is 0. The molecule has 15 nitrogen and oxygen atoms in total. The number of methoxy groups -OCH3 is 3. The Bertz CT molecular complexity index is 1790. The fourth-order valence-electron chi connectivity index (χ4n) is 10.1. The van der Waals surface area contributed by atoms with E-state index in [2.05, 4.69) is 0 Å². The number of carbonyl (C=O) groups is 5. The Hall–Kier alpha value is -3.41. The molecule has 372 valence electrons. The molecule has 16 atom stereocenters. The first-order chi connectivity index (χ1) is 31.2. The van der Waals surface area contributed by atoms with Crippen LogP contribution in [-0.4, -0.2) is 143 Å². The fourth-order valence-corrected chi connectivity index (χ4v) is 10.1. The number of ketones is 3. The maximum atomic E-state index is 14.4. The maximum Gasteiger partial charge on any atom is 0.329 e. The van der Waals surface area contributed by atoms with Gasteiger partial charge < -0.3 is 49.0 Å². The van der Waals surface area contributed by atoms with E-state index in [0.29, 0.717) is 56.9 Å². The van der Waals surface area contributed by atoms with Crippen LogP contribution >= 0.6 is 0 Å². The molecule has 4 rings (SSSR count). The van der Waals surface area contributed by atoms with Crippen LogP contribution in [0.3, 0.4) is 0 Å². The number of fused-ring (bicyclic) bond motifs is 3. The van der Waals surface area contributed by atoms with Crippen molar-refractivity contribution in [2.75, 3.05) is 27.9 Å². The SMILES string of the molecule is CO[C@H]1C[C@@H]2CC[C@@H](C)[C@@](O)(O2)C(=O)C(=O)N2CCCC[C@H]2C(=O)O[C@H]([C@H](C)C[C@@H]2CC[C@@H](O)[C@H](OC)C2)CC(=O)[C@H](C)/C=C(\C)[C@@H](O)[C@@H](OC)C(=O)[C@H](C)C(O)[C@H](C)\C=C/C=C/C=C/1C. The molecule has 3 aliphatic heterocycles. The monoisotopic (exact) mass is 930 g/mol. The number of aliphatic hydroxyl groups is 4. The average Bonchev–Trinajstić information content (AvgIpc) is 3.30. The summed E-state index contributed by atoms with van der Waals surface area (Å²) in [7, 11) is 4.41. The van der Waals surface area contributed by atoms with Crippen molar-refractivity contribution >= 4 is 29.2 Å². The van der Waals surface area contributed by atoms with Gasteiger partial charge in [0, 0.05) is 64.4 Å². The van der Waals surface area contributed by atoms with Gasteiger partial charge in [-0.3, -0.25) is 19.2 Å². The molecule has 0 aromatic heterocycles. The van der Waals surface area contributed by atoms with E-state index < -0.39 is 102 Å². The normalized spacial score (nSPS) is 41.1. The van der Waals surface area contributed by atoms with E-state index in [4.69, 9.17) is 23.7 Å². The number of amides is 1. The molecule has 2 bridgehead atoms. The minimum atomic E-state index is -2.45. The van der Waals surface area contributed by atoms with E-state index in [9.17, 15) is 44.4 Å². The topological polar surface area (TPSA) is 216 Å². The van der Waals surface area contributed by atoms with Crippen LogP contribution in [0.5, 0.6) is 0 Å². The zero-order valence-electron chi connectivity index (χ0n) is 40.9. The van der Waals surface area contributed by atoms with Crippen LogP contribution in [-0.2, 0) is 47.7 Å². The van der Waals surface area contributed by atoms with Gasteiger partial charge in [0.2, 0.25) is 5.79 Å². The number of rotatable bonds is 6. The quantitative estimate of drug-likeness (QED) is 0.154. The summed E-state index contributed by atoms with van der Waals surface area (Å²) in [5.41, 5.74) is 1.13. The molecule has 1 aliphatic carbocycles. The lowest BCUT2D eigenvalue weighted by Crippen LogP contribution is -2.61. The summed E-state index contributed by atoms with van der Waals surface area (Å²) in [5.74, 6) is -9.41. The molecule has 1 unspecified atom stereocenters. The Morgan fingerprint density at radius 2 is 1.56 bits per heavy atom. The van der Waals surface area contributed by atoms with Crippen LogP contribution in [0.1, 0.15) is 119 Å². The molecule has 15 heteroatoms. The first-order valence-corrected chi connectivity index (χ1v) is 24.0. The molecular weight excluding hydrogens is 851 g/mol. The van der Waals surface area contributed by atoms with E-state index in [1.807, 2.05) is 19.9 Å². The van der Waals surface area contributed by atoms with E-state index in [1.165, 1.54) is 12.0 Å². The summed E-state index contributed by atoms with van der Waals surface area (Å²) in [6.07, 6.45) is 8.21. The first kappa shape index (κ1) is 55.2. The summed E-state index contributed by atoms with van der Waals surface area (Å²) in [5, 5.41) is 45.1. The average molecular weight is 930 g/mol. The van der Waals surface area contributed by atoms with Crippen LogP contribution in [0.15, 0.2) is 47.6 Å².